The van der Waals surface area contributed by atoms with Gasteiger partial charge in [-0.2, -0.15) is 0 Å². The molecule has 1 aliphatic heterocycles. The zero-order valence-electron chi connectivity index (χ0n) is 16.6. The number of rotatable bonds is 9. The summed E-state index contributed by atoms with van der Waals surface area (Å²) in [5.74, 6) is -1.77. The molecule has 8 nitrogen and oxygen atoms in total. The van der Waals surface area contributed by atoms with Crippen LogP contribution in [-0.2, 0) is 27.2 Å². The van der Waals surface area contributed by atoms with Gasteiger partial charge in [0.25, 0.3) is 0 Å². The fraction of sp³-hybridized carbons (Fsp3) is 0.318. The molecule has 9 heteroatoms. The van der Waals surface area contributed by atoms with Crippen LogP contribution in [0.15, 0.2) is 54.6 Å². The van der Waals surface area contributed by atoms with Crippen molar-refractivity contribution < 1.29 is 24.6 Å². The van der Waals surface area contributed by atoms with E-state index in [2.05, 4.69) is 10.6 Å². The van der Waals surface area contributed by atoms with Crippen molar-refractivity contribution in [3.05, 3.63) is 65.7 Å². The molecule has 1 fully saturated rings. The summed E-state index contributed by atoms with van der Waals surface area (Å²) in [4.78, 5) is 38.1. The fourth-order valence-electron chi connectivity index (χ4n) is 3.23. The van der Waals surface area contributed by atoms with Gasteiger partial charge in [0.05, 0.1) is 0 Å². The zero-order chi connectivity index (χ0) is 21.7. The molecule has 0 saturated carbocycles. The molecule has 0 spiro atoms. The third-order valence-corrected chi connectivity index (χ3v) is 5.08. The van der Waals surface area contributed by atoms with Gasteiger partial charge < -0.3 is 20.4 Å². The first-order chi connectivity index (χ1) is 14.3. The van der Waals surface area contributed by atoms with Gasteiger partial charge in [-0.1, -0.05) is 42.5 Å². The monoisotopic (exact) mass is 435 g/mol. The Morgan fingerprint density at radius 3 is 2.26 bits per heavy atom. The van der Waals surface area contributed by atoms with Crippen LogP contribution in [0, 0.1) is 0 Å². The maximum absolute atomic E-state index is 13.1. The quantitative estimate of drug-likeness (QED) is 0.322. The Balaban J connectivity index is 0.00000341. The average Bonchev–Trinajstić information content (AvgIpc) is 3.55. The van der Waals surface area contributed by atoms with Crippen LogP contribution in [0.5, 0.6) is 5.75 Å². The number of nitrogens with one attached hydrogen (secondary N) is 2. The van der Waals surface area contributed by atoms with Gasteiger partial charge in [-0.05, 0) is 29.7 Å². The van der Waals surface area contributed by atoms with Crippen molar-refractivity contribution in [2.75, 3.05) is 13.6 Å². The number of phenols is 1. The molecule has 160 valence electrons. The minimum absolute atomic E-state index is 0. The van der Waals surface area contributed by atoms with Crippen LogP contribution in [-0.4, -0.2) is 94.2 Å². The predicted molar refractivity (Wildman–Crippen MR) is 117 cm³/mol. The van der Waals surface area contributed by atoms with Gasteiger partial charge in [0.1, 0.15) is 23.9 Å². The summed E-state index contributed by atoms with van der Waals surface area (Å²) in [6, 6.07) is 13.6. The number of benzene rings is 2. The average molecular weight is 435 g/mol. The summed E-state index contributed by atoms with van der Waals surface area (Å²) in [6.07, 6.45) is 0.902. The van der Waals surface area contributed by atoms with Crippen molar-refractivity contribution in [3.8, 4) is 5.75 Å². The maximum atomic E-state index is 13.1. The Morgan fingerprint density at radius 2 is 1.68 bits per heavy atom. The fourth-order valence-corrected chi connectivity index (χ4v) is 3.23. The van der Waals surface area contributed by atoms with Crippen LogP contribution in [0.3, 0.4) is 0 Å². The molecule has 0 radical (unpaired) electrons. The molecule has 2 aromatic rings. The summed E-state index contributed by atoms with van der Waals surface area (Å²) in [5, 5.41) is 23.7. The summed E-state index contributed by atoms with van der Waals surface area (Å²) in [6.45, 7) is 0.476. The van der Waals surface area contributed by atoms with E-state index in [1.54, 1.807) is 24.1 Å². The summed E-state index contributed by atoms with van der Waals surface area (Å²) >= 11 is 0. The van der Waals surface area contributed by atoms with Gasteiger partial charge in [0.15, 0.2) is 0 Å². The molecule has 3 rings (SSSR count). The van der Waals surface area contributed by atoms with Gasteiger partial charge in [-0.3, -0.25) is 19.7 Å². The molecule has 0 unspecified atom stereocenters. The minimum atomic E-state index is -1.10. The van der Waals surface area contributed by atoms with Crippen molar-refractivity contribution in [2.45, 2.75) is 31.0 Å². The molecule has 0 bridgehead atoms. The Kier molecular flexibility index (Phi) is 9.06. The van der Waals surface area contributed by atoms with Gasteiger partial charge in [-0.15, -0.1) is 0 Å². The summed E-state index contributed by atoms with van der Waals surface area (Å²) in [7, 11) is 1.68. The van der Waals surface area contributed by atoms with Crippen LogP contribution in [0.25, 0.3) is 0 Å². The van der Waals surface area contributed by atoms with E-state index in [4.69, 9.17) is 5.11 Å². The third-order valence-electron chi connectivity index (χ3n) is 5.08. The number of hydrogen-bond donors (Lipinski definition) is 4. The van der Waals surface area contributed by atoms with Crippen molar-refractivity contribution in [2.24, 2.45) is 0 Å². The Hall–Kier alpha value is -2.39. The molecule has 2 amide bonds. The molecule has 1 heterocycles. The molecule has 4 N–H and O–H groups in total. The first-order valence-corrected chi connectivity index (χ1v) is 9.71. The molecule has 2 aromatic carbocycles. The molecule has 0 aromatic heterocycles. The second-order valence-corrected chi connectivity index (χ2v) is 7.39. The first kappa shape index (κ1) is 24.9. The van der Waals surface area contributed by atoms with E-state index < -0.39 is 30.0 Å². The Morgan fingerprint density at radius 1 is 1.03 bits per heavy atom. The first-order valence-electron chi connectivity index (χ1n) is 9.71. The number of amides is 2. The number of aliphatic carboxylic acids is 1. The number of phenolic OH excluding ortho intramolecular Hbond substituents is 1. The van der Waals surface area contributed by atoms with Gasteiger partial charge >= 0.3 is 35.5 Å². The number of likely N-dealkylation sites (N-methyl/N-ethyl adjacent to an activating group) is 1. The van der Waals surface area contributed by atoms with Crippen molar-refractivity contribution in [1.29, 1.82) is 0 Å². The SMILES string of the molecule is CN(CCc1ccccc1)C(=O)[C@H](Cc1ccc(O)cc1)NC(=O)[C@H]1N[C@@H]1C(=O)O.[NaH]. The van der Waals surface area contributed by atoms with Crippen molar-refractivity contribution >= 4 is 47.3 Å². The Bertz CT molecular complexity index is 907. The standard InChI is InChI=1S/C22H25N3O5.Na.H/c1-25(12-11-14-5-3-2-4-6-14)21(28)17(13-15-7-9-16(26)10-8-15)23-20(27)18-19(24-18)22(29)30;;/h2-10,17-19,24,26H,11-13H2,1H3,(H,23,27)(H,29,30);;/t17-,18-,19-;;/m0../s1. The molecular formula is C22H26N3NaO5. The van der Waals surface area contributed by atoms with E-state index >= 15 is 0 Å². The van der Waals surface area contributed by atoms with Gasteiger partial charge in [0.2, 0.25) is 11.8 Å². The van der Waals surface area contributed by atoms with E-state index in [1.165, 1.54) is 12.1 Å². The predicted octanol–water partition coefficient (Wildman–Crippen LogP) is -0.103. The van der Waals surface area contributed by atoms with Crippen molar-refractivity contribution in [1.82, 2.24) is 15.5 Å². The number of aromatic hydroxyl groups is 1. The summed E-state index contributed by atoms with van der Waals surface area (Å²) in [5.41, 5.74) is 1.87. The third kappa shape index (κ3) is 7.07. The number of carbonyl (C=O) groups excluding carboxylic acids is 2. The van der Waals surface area contributed by atoms with Crippen molar-refractivity contribution in [3.63, 3.8) is 0 Å². The zero-order valence-corrected chi connectivity index (χ0v) is 16.6. The number of hydrogen-bond acceptors (Lipinski definition) is 5. The van der Waals surface area contributed by atoms with Crippen LogP contribution in [0.1, 0.15) is 11.1 Å². The molecule has 1 aliphatic rings. The molecule has 3 atom stereocenters. The normalized spacial score (nSPS) is 17.7. The molecule has 1 saturated heterocycles. The van der Waals surface area contributed by atoms with E-state index in [0.717, 1.165) is 11.1 Å². The topological polar surface area (TPSA) is 129 Å². The number of carboxylic acids is 1. The van der Waals surface area contributed by atoms with Gasteiger partial charge in [-0.25, -0.2) is 0 Å². The van der Waals surface area contributed by atoms with E-state index in [1.807, 2.05) is 30.3 Å². The van der Waals surface area contributed by atoms with Crippen LogP contribution < -0.4 is 10.6 Å². The molecule has 31 heavy (non-hydrogen) atoms. The number of carbonyl (C=O) groups is 3. The second kappa shape index (κ2) is 11.3. The molecular weight excluding hydrogens is 409 g/mol. The van der Waals surface area contributed by atoms with Crippen LogP contribution in [0.4, 0.5) is 0 Å². The van der Waals surface area contributed by atoms with E-state index in [9.17, 15) is 19.5 Å². The van der Waals surface area contributed by atoms with E-state index in [-0.39, 0.29) is 47.6 Å². The number of carboxylic acid groups (broad SMARTS) is 1. The number of nitrogens with zero attached hydrogens (tertiary/aromatic N) is 1. The second-order valence-electron chi connectivity index (χ2n) is 7.39. The molecule has 0 aliphatic carbocycles. The van der Waals surface area contributed by atoms with Gasteiger partial charge in [0, 0.05) is 20.0 Å². The van der Waals surface area contributed by atoms with Crippen LogP contribution >= 0.6 is 0 Å². The summed E-state index contributed by atoms with van der Waals surface area (Å²) < 4.78 is 0. The Labute approximate surface area is 202 Å². The van der Waals surface area contributed by atoms with Crippen LogP contribution in [0.2, 0.25) is 0 Å². The van der Waals surface area contributed by atoms with E-state index in [0.29, 0.717) is 13.0 Å².